The van der Waals surface area contributed by atoms with E-state index in [2.05, 4.69) is 24.8 Å². The van der Waals surface area contributed by atoms with E-state index in [1.807, 2.05) is 0 Å². The van der Waals surface area contributed by atoms with Crippen molar-refractivity contribution in [3.8, 4) is 11.4 Å². The van der Waals surface area contributed by atoms with Crippen molar-refractivity contribution in [2.24, 2.45) is 0 Å². The molecule has 0 saturated carbocycles. The van der Waals surface area contributed by atoms with Gasteiger partial charge in [-0.3, -0.25) is 4.90 Å². The zero-order valence-corrected chi connectivity index (χ0v) is 15.6. The van der Waals surface area contributed by atoms with E-state index in [1.54, 1.807) is 37.8 Å². The summed E-state index contributed by atoms with van der Waals surface area (Å²) in [7, 11) is 0. The summed E-state index contributed by atoms with van der Waals surface area (Å²) in [5.41, 5.74) is 1.45. The van der Waals surface area contributed by atoms with Gasteiger partial charge >= 0.3 is 0 Å². The Bertz CT molecular complexity index is 919. The van der Waals surface area contributed by atoms with E-state index in [0.717, 1.165) is 16.7 Å². The number of aryl methyl sites for hydroxylation is 1. The van der Waals surface area contributed by atoms with Crippen molar-refractivity contribution < 1.29 is 8.78 Å². The maximum absolute atomic E-state index is 15.4. The van der Waals surface area contributed by atoms with Crippen LogP contribution in [0.3, 0.4) is 0 Å². The maximum atomic E-state index is 15.4. The first kappa shape index (κ1) is 18.6. The average Bonchev–Trinajstić information content (AvgIpc) is 2.70. The fraction of sp³-hybridized carbons (Fsp3) is 0.333. The van der Waals surface area contributed by atoms with Crippen LogP contribution in [0.15, 0.2) is 49.3 Å². The van der Waals surface area contributed by atoms with Gasteiger partial charge in [-0.15, -0.1) is 0 Å². The Balaban J connectivity index is 1.39. The second kappa shape index (κ2) is 7.67. The minimum Gasteiger partial charge on any atom is -0.299 e. The second-order valence-electron chi connectivity index (χ2n) is 7.30. The summed E-state index contributed by atoms with van der Waals surface area (Å²) in [4.78, 5) is 18.9. The van der Waals surface area contributed by atoms with Gasteiger partial charge in [0, 0.05) is 50.0 Å². The second-order valence-corrected chi connectivity index (χ2v) is 7.30. The standard InChI is InChI=1S/C21H21F2N5/c1-15-6-18(8-19(22)7-15)21(23)2-4-28(5-3-21)13-16-9-26-20(27-10-16)17-11-24-14-25-12-17/h6-12,14H,2-5,13H2,1H3. The van der Waals surface area contributed by atoms with Gasteiger partial charge < -0.3 is 0 Å². The van der Waals surface area contributed by atoms with Gasteiger partial charge in [0.1, 0.15) is 17.8 Å². The first-order valence-corrected chi connectivity index (χ1v) is 9.27. The van der Waals surface area contributed by atoms with Crippen LogP contribution in [-0.2, 0) is 12.2 Å². The third-order valence-corrected chi connectivity index (χ3v) is 5.14. The molecule has 1 aliphatic rings. The van der Waals surface area contributed by atoms with Crippen molar-refractivity contribution in [1.82, 2.24) is 24.8 Å². The van der Waals surface area contributed by atoms with E-state index in [9.17, 15) is 4.39 Å². The molecule has 2 aromatic heterocycles. The van der Waals surface area contributed by atoms with Gasteiger partial charge in [0.2, 0.25) is 0 Å². The molecule has 3 heterocycles. The smallest absolute Gasteiger partial charge is 0.162 e. The summed E-state index contributed by atoms with van der Waals surface area (Å²) in [6.45, 7) is 3.64. The Morgan fingerprint density at radius 3 is 2.32 bits per heavy atom. The molecule has 0 bridgehead atoms. The molecule has 28 heavy (non-hydrogen) atoms. The van der Waals surface area contributed by atoms with Crippen molar-refractivity contribution in [2.45, 2.75) is 32.0 Å². The zero-order valence-electron chi connectivity index (χ0n) is 15.6. The number of hydrogen-bond donors (Lipinski definition) is 0. The number of hydrogen-bond acceptors (Lipinski definition) is 5. The molecule has 1 aliphatic heterocycles. The van der Waals surface area contributed by atoms with Crippen LogP contribution in [0.4, 0.5) is 8.78 Å². The van der Waals surface area contributed by atoms with Crippen LogP contribution in [0, 0.1) is 12.7 Å². The zero-order chi connectivity index (χ0) is 19.6. The molecule has 4 rings (SSSR count). The van der Waals surface area contributed by atoms with Gasteiger partial charge in [-0.1, -0.05) is 6.07 Å². The van der Waals surface area contributed by atoms with Crippen molar-refractivity contribution >= 4 is 0 Å². The number of piperidine rings is 1. The van der Waals surface area contributed by atoms with Crippen LogP contribution < -0.4 is 0 Å². The monoisotopic (exact) mass is 381 g/mol. The number of rotatable bonds is 4. The third-order valence-electron chi connectivity index (χ3n) is 5.14. The van der Waals surface area contributed by atoms with Gasteiger partial charge in [-0.25, -0.2) is 28.7 Å². The van der Waals surface area contributed by atoms with E-state index in [4.69, 9.17) is 0 Å². The summed E-state index contributed by atoms with van der Waals surface area (Å²) >= 11 is 0. The molecule has 0 spiro atoms. The highest BCUT2D eigenvalue weighted by molar-refractivity contribution is 5.50. The highest BCUT2D eigenvalue weighted by atomic mass is 19.1. The van der Waals surface area contributed by atoms with Crippen LogP contribution in [0.25, 0.3) is 11.4 Å². The van der Waals surface area contributed by atoms with E-state index in [-0.39, 0.29) is 5.82 Å². The van der Waals surface area contributed by atoms with Crippen molar-refractivity contribution in [3.05, 3.63) is 71.8 Å². The first-order chi connectivity index (χ1) is 13.5. The summed E-state index contributed by atoms with van der Waals surface area (Å²) < 4.78 is 29.1. The molecule has 0 radical (unpaired) electrons. The lowest BCUT2D eigenvalue weighted by Gasteiger charge is -2.36. The third kappa shape index (κ3) is 4.04. The summed E-state index contributed by atoms with van der Waals surface area (Å²) in [5.74, 6) is 0.197. The molecule has 0 unspecified atom stereocenters. The number of aromatic nitrogens is 4. The molecule has 0 aliphatic carbocycles. The lowest BCUT2D eigenvalue weighted by molar-refractivity contribution is 0.0522. The van der Waals surface area contributed by atoms with Gasteiger partial charge in [0.25, 0.3) is 0 Å². The molecule has 0 amide bonds. The highest BCUT2D eigenvalue weighted by Gasteiger charge is 2.36. The molecular weight excluding hydrogens is 360 g/mol. The lowest BCUT2D eigenvalue weighted by atomic mass is 9.85. The molecule has 3 aromatic rings. The molecule has 0 atom stereocenters. The van der Waals surface area contributed by atoms with Crippen molar-refractivity contribution in [2.75, 3.05) is 13.1 Å². The minimum absolute atomic E-state index is 0.343. The number of alkyl halides is 1. The largest absolute Gasteiger partial charge is 0.299 e. The lowest BCUT2D eigenvalue weighted by Crippen LogP contribution is -2.40. The van der Waals surface area contributed by atoms with E-state index < -0.39 is 5.67 Å². The van der Waals surface area contributed by atoms with Crippen LogP contribution in [-0.4, -0.2) is 37.9 Å². The molecule has 5 nitrogen and oxygen atoms in total. The molecule has 1 saturated heterocycles. The van der Waals surface area contributed by atoms with E-state index >= 15 is 4.39 Å². The quantitative estimate of drug-likeness (QED) is 0.687. The summed E-state index contributed by atoms with van der Waals surface area (Å²) in [5, 5.41) is 0. The molecule has 144 valence electrons. The van der Waals surface area contributed by atoms with Crippen LogP contribution in [0.5, 0.6) is 0 Å². The van der Waals surface area contributed by atoms with Gasteiger partial charge in [0.15, 0.2) is 5.82 Å². The molecular formula is C21H21F2N5. The Morgan fingerprint density at radius 1 is 1.00 bits per heavy atom. The number of nitrogens with zero attached hydrogens (tertiary/aromatic N) is 5. The SMILES string of the molecule is Cc1cc(F)cc(C2(F)CCN(Cc3cnc(-c4cncnc4)nc3)CC2)c1. The molecule has 7 heteroatoms. The predicted octanol–water partition coefficient (Wildman–Crippen LogP) is 3.84. The fourth-order valence-corrected chi connectivity index (χ4v) is 3.61. The highest BCUT2D eigenvalue weighted by Crippen LogP contribution is 2.38. The van der Waals surface area contributed by atoms with E-state index in [0.29, 0.717) is 43.9 Å². The summed E-state index contributed by atoms with van der Waals surface area (Å²) in [6.07, 6.45) is 9.05. The topological polar surface area (TPSA) is 54.8 Å². The minimum atomic E-state index is -1.48. The fourth-order valence-electron chi connectivity index (χ4n) is 3.61. The van der Waals surface area contributed by atoms with Gasteiger partial charge in [-0.2, -0.15) is 0 Å². The van der Waals surface area contributed by atoms with Gasteiger partial charge in [-0.05, 0) is 43.0 Å². The Morgan fingerprint density at radius 2 is 1.68 bits per heavy atom. The van der Waals surface area contributed by atoms with Gasteiger partial charge in [0.05, 0.1) is 5.56 Å². The van der Waals surface area contributed by atoms with Crippen molar-refractivity contribution in [3.63, 3.8) is 0 Å². The predicted molar refractivity (Wildman–Crippen MR) is 101 cm³/mol. The van der Waals surface area contributed by atoms with Crippen LogP contribution >= 0.6 is 0 Å². The number of benzene rings is 1. The maximum Gasteiger partial charge on any atom is 0.162 e. The Kier molecular flexibility index (Phi) is 5.09. The number of likely N-dealkylation sites (tertiary alicyclic amines) is 1. The average molecular weight is 381 g/mol. The number of halogens is 2. The normalized spacial score (nSPS) is 16.8. The Hall–Kier alpha value is -2.80. The Labute approximate surface area is 162 Å². The van der Waals surface area contributed by atoms with E-state index in [1.165, 1.54) is 18.5 Å². The summed E-state index contributed by atoms with van der Waals surface area (Å²) in [6, 6.07) is 4.49. The first-order valence-electron chi connectivity index (χ1n) is 9.27. The van der Waals surface area contributed by atoms with Crippen LogP contribution in [0.1, 0.15) is 29.5 Å². The molecule has 1 fully saturated rings. The van der Waals surface area contributed by atoms with Crippen molar-refractivity contribution in [1.29, 1.82) is 0 Å². The van der Waals surface area contributed by atoms with Crippen LogP contribution in [0.2, 0.25) is 0 Å². The molecule has 1 aromatic carbocycles. The molecule has 0 N–H and O–H groups in total.